The van der Waals surface area contributed by atoms with Gasteiger partial charge in [0, 0.05) is 18.3 Å². The minimum atomic E-state index is -3.80. The molecule has 0 spiro atoms. The molecule has 0 radical (unpaired) electrons. The number of anilines is 1. The van der Waals surface area contributed by atoms with Crippen LogP contribution in [0.15, 0.2) is 50.5 Å². The molecular weight excluding hydrogens is 352 g/mol. The maximum atomic E-state index is 12.8. The predicted molar refractivity (Wildman–Crippen MR) is 102 cm³/mol. The number of hydrogen-bond donors (Lipinski definition) is 1. The Kier molecular flexibility index (Phi) is 4.66. The number of oxazole rings is 1. The van der Waals surface area contributed by atoms with Crippen molar-refractivity contribution < 1.29 is 12.8 Å². The van der Waals surface area contributed by atoms with E-state index in [9.17, 15) is 13.2 Å². The minimum absolute atomic E-state index is 0.0925. The average Bonchev–Trinajstić information content (AvgIpc) is 2.88. The van der Waals surface area contributed by atoms with E-state index in [1.807, 2.05) is 19.1 Å². The zero-order valence-electron chi connectivity index (χ0n) is 15.2. The van der Waals surface area contributed by atoms with Crippen molar-refractivity contribution >= 4 is 26.8 Å². The predicted octanol–water partition coefficient (Wildman–Crippen LogP) is 3.85. The monoisotopic (exact) mass is 374 g/mol. The van der Waals surface area contributed by atoms with Crippen molar-refractivity contribution in [3.63, 3.8) is 0 Å². The Labute approximate surface area is 152 Å². The number of rotatable bonds is 5. The normalized spacial score (nSPS) is 12.0. The lowest BCUT2D eigenvalue weighted by Gasteiger charge is -2.12. The van der Waals surface area contributed by atoms with Gasteiger partial charge in [-0.05, 0) is 49.1 Å². The van der Waals surface area contributed by atoms with Crippen LogP contribution in [0.25, 0.3) is 11.1 Å². The highest BCUT2D eigenvalue weighted by atomic mass is 32.2. The summed E-state index contributed by atoms with van der Waals surface area (Å²) in [7, 11) is -3.80. The van der Waals surface area contributed by atoms with Gasteiger partial charge in [-0.25, -0.2) is 13.2 Å². The Morgan fingerprint density at radius 2 is 1.81 bits per heavy atom. The fourth-order valence-electron chi connectivity index (χ4n) is 2.93. The first-order valence-electron chi connectivity index (χ1n) is 8.49. The van der Waals surface area contributed by atoms with Crippen molar-refractivity contribution in [2.45, 2.75) is 45.1 Å². The molecule has 0 unspecified atom stereocenters. The largest absolute Gasteiger partial charge is 0.419 e. The first kappa shape index (κ1) is 18.3. The highest BCUT2D eigenvalue weighted by molar-refractivity contribution is 7.92. The molecule has 0 saturated carbocycles. The minimum Gasteiger partial charge on any atom is -0.408 e. The van der Waals surface area contributed by atoms with Crippen LogP contribution in [0.5, 0.6) is 0 Å². The summed E-state index contributed by atoms with van der Waals surface area (Å²) >= 11 is 0. The summed E-state index contributed by atoms with van der Waals surface area (Å²) in [5.74, 6) is -0.121. The van der Waals surface area contributed by atoms with Gasteiger partial charge in [0.2, 0.25) is 0 Å². The molecule has 3 rings (SSSR count). The second kappa shape index (κ2) is 6.64. The molecule has 6 nitrogen and oxygen atoms in total. The van der Waals surface area contributed by atoms with Gasteiger partial charge in [-0.1, -0.05) is 26.0 Å². The Morgan fingerprint density at radius 3 is 2.38 bits per heavy atom. The van der Waals surface area contributed by atoms with Crippen LogP contribution in [-0.4, -0.2) is 13.0 Å². The van der Waals surface area contributed by atoms with E-state index in [2.05, 4.69) is 18.6 Å². The van der Waals surface area contributed by atoms with Gasteiger partial charge in [-0.2, -0.15) is 0 Å². The Hall–Kier alpha value is -2.54. The molecular formula is C19H22N2O4S. The third kappa shape index (κ3) is 3.26. The van der Waals surface area contributed by atoms with E-state index in [0.29, 0.717) is 29.2 Å². The summed E-state index contributed by atoms with van der Waals surface area (Å²) in [4.78, 5) is 11.9. The van der Waals surface area contributed by atoms with Crippen molar-refractivity contribution in [1.29, 1.82) is 0 Å². The molecule has 1 N–H and O–H groups in total. The van der Waals surface area contributed by atoms with E-state index >= 15 is 0 Å². The van der Waals surface area contributed by atoms with Crippen LogP contribution in [-0.2, 0) is 16.6 Å². The zero-order valence-corrected chi connectivity index (χ0v) is 16.1. The third-order valence-corrected chi connectivity index (χ3v) is 5.92. The molecule has 0 aliphatic carbocycles. The van der Waals surface area contributed by atoms with Gasteiger partial charge in [0.25, 0.3) is 10.0 Å². The number of nitrogens with zero attached hydrogens (tertiary/aromatic N) is 1. The molecule has 0 amide bonds. The van der Waals surface area contributed by atoms with Crippen LogP contribution in [0.4, 0.5) is 5.69 Å². The van der Waals surface area contributed by atoms with Crippen molar-refractivity contribution in [2.24, 2.45) is 0 Å². The molecule has 26 heavy (non-hydrogen) atoms. The van der Waals surface area contributed by atoms with Crippen LogP contribution >= 0.6 is 0 Å². The quantitative estimate of drug-likeness (QED) is 0.735. The van der Waals surface area contributed by atoms with E-state index in [1.54, 1.807) is 25.1 Å². The highest BCUT2D eigenvalue weighted by Gasteiger charge is 2.20. The second-order valence-corrected chi connectivity index (χ2v) is 8.23. The molecule has 0 fully saturated rings. The molecule has 2 aromatic carbocycles. The Balaban J connectivity index is 2.01. The van der Waals surface area contributed by atoms with Crippen molar-refractivity contribution in [3.8, 4) is 0 Å². The number of fused-ring (bicyclic) bond motifs is 1. The number of hydrogen-bond acceptors (Lipinski definition) is 4. The molecule has 0 saturated heterocycles. The Bertz CT molecular complexity index is 1110. The lowest BCUT2D eigenvalue weighted by atomic mass is 10.0. The number of aromatic nitrogens is 1. The maximum absolute atomic E-state index is 12.8. The molecule has 1 aromatic heterocycles. The molecule has 0 aliphatic rings. The van der Waals surface area contributed by atoms with Crippen LogP contribution in [0, 0.1) is 6.92 Å². The summed E-state index contributed by atoms with van der Waals surface area (Å²) in [6, 6.07) is 10.4. The summed E-state index contributed by atoms with van der Waals surface area (Å²) in [5.41, 5.74) is 3.02. The van der Waals surface area contributed by atoms with Crippen LogP contribution < -0.4 is 10.5 Å². The van der Waals surface area contributed by atoms with Gasteiger partial charge >= 0.3 is 5.76 Å². The van der Waals surface area contributed by atoms with Crippen LogP contribution in [0.2, 0.25) is 0 Å². The number of sulfonamides is 1. The molecule has 1 heterocycles. The number of benzene rings is 2. The standard InChI is InChI=1S/C19H22N2O4S/c1-5-21-16-10-13(4)18(11-17(16)25-19(21)22)26(23,24)20-15-8-6-14(7-9-15)12(2)3/h6-12,20H,5H2,1-4H3. The van der Waals surface area contributed by atoms with Crippen LogP contribution in [0.3, 0.4) is 0 Å². The molecule has 7 heteroatoms. The first-order valence-corrected chi connectivity index (χ1v) is 9.98. The number of nitrogens with one attached hydrogen (secondary N) is 1. The molecule has 3 aromatic rings. The fraction of sp³-hybridized carbons (Fsp3) is 0.316. The summed E-state index contributed by atoms with van der Waals surface area (Å²) in [6.45, 7) is 8.14. The Morgan fingerprint density at radius 1 is 1.15 bits per heavy atom. The smallest absolute Gasteiger partial charge is 0.408 e. The summed E-state index contributed by atoms with van der Waals surface area (Å²) in [6.07, 6.45) is 0. The van der Waals surface area contributed by atoms with Gasteiger partial charge in [0.15, 0.2) is 5.58 Å². The number of aryl methyl sites for hydroxylation is 2. The van der Waals surface area contributed by atoms with Gasteiger partial charge in [0.05, 0.1) is 10.4 Å². The molecule has 0 aliphatic heterocycles. The fourth-order valence-corrected chi connectivity index (χ4v) is 4.23. The zero-order chi connectivity index (χ0) is 19.1. The first-order chi connectivity index (χ1) is 12.2. The topological polar surface area (TPSA) is 81.3 Å². The maximum Gasteiger partial charge on any atom is 0.419 e. The van der Waals surface area contributed by atoms with E-state index in [-0.39, 0.29) is 10.5 Å². The van der Waals surface area contributed by atoms with Crippen molar-refractivity contribution in [2.75, 3.05) is 4.72 Å². The second-order valence-electron chi connectivity index (χ2n) is 6.58. The summed E-state index contributed by atoms with van der Waals surface area (Å²) in [5, 5.41) is 0. The third-order valence-electron chi connectivity index (χ3n) is 4.40. The van der Waals surface area contributed by atoms with E-state index < -0.39 is 15.8 Å². The lowest BCUT2D eigenvalue weighted by Crippen LogP contribution is -2.14. The summed E-state index contributed by atoms with van der Waals surface area (Å²) < 4.78 is 34.9. The SMILES string of the molecule is CCn1c(=O)oc2cc(S(=O)(=O)Nc3ccc(C(C)C)cc3)c(C)cc21. The van der Waals surface area contributed by atoms with Gasteiger partial charge in [-0.15, -0.1) is 0 Å². The van der Waals surface area contributed by atoms with Crippen molar-refractivity contribution in [1.82, 2.24) is 4.57 Å². The van der Waals surface area contributed by atoms with Gasteiger partial charge in [-0.3, -0.25) is 9.29 Å². The van der Waals surface area contributed by atoms with Crippen LogP contribution in [0.1, 0.15) is 37.8 Å². The molecule has 0 atom stereocenters. The van der Waals surface area contributed by atoms with Crippen molar-refractivity contribution in [3.05, 3.63) is 58.1 Å². The molecule has 138 valence electrons. The van der Waals surface area contributed by atoms with Gasteiger partial charge < -0.3 is 4.42 Å². The highest BCUT2D eigenvalue weighted by Crippen LogP contribution is 2.25. The molecule has 0 bridgehead atoms. The van der Waals surface area contributed by atoms with E-state index in [1.165, 1.54) is 10.6 Å². The lowest BCUT2D eigenvalue weighted by molar-refractivity contribution is 0.512. The van der Waals surface area contributed by atoms with E-state index in [0.717, 1.165) is 5.56 Å². The van der Waals surface area contributed by atoms with E-state index in [4.69, 9.17) is 4.42 Å². The van der Waals surface area contributed by atoms with Gasteiger partial charge in [0.1, 0.15) is 0 Å². The average molecular weight is 374 g/mol.